The molecule has 0 spiro atoms. The van der Waals surface area contributed by atoms with Crippen LogP contribution < -0.4 is 4.90 Å². The van der Waals surface area contributed by atoms with E-state index >= 15 is 0 Å². The zero-order valence-corrected chi connectivity index (χ0v) is 19.4. The van der Waals surface area contributed by atoms with Crippen LogP contribution >= 0.6 is 11.6 Å². The lowest BCUT2D eigenvalue weighted by Crippen LogP contribution is -2.41. The Kier molecular flexibility index (Phi) is 5.59. The van der Waals surface area contributed by atoms with Gasteiger partial charge in [0.1, 0.15) is 0 Å². The number of hydrogen-bond donors (Lipinski definition) is 1. The van der Waals surface area contributed by atoms with Crippen LogP contribution in [-0.4, -0.2) is 16.8 Å². The Morgan fingerprint density at radius 3 is 2.48 bits per heavy atom. The Hall–Kier alpha value is -2.95. The first kappa shape index (κ1) is 21.9. The van der Waals surface area contributed by atoms with Gasteiger partial charge in [-0.25, -0.2) is 0 Å². The molecule has 0 saturated carbocycles. The average molecular weight is 460 g/mol. The Morgan fingerprint density at radius 2 is 1.73 bits per heavy atom. The Balaban J connectivity index is 1.47. The molecule has 0 fully saturated rings. The third kappa shape index (κ3) is 3.98. The molecular weight excluding hydrogens is 434 g/mol. The minimum Gasteiger partial charge on any atom is -0.375 e. The van der Waals surface area contributed by atoms with Crippen molar-refractivity contribution in [3.8, 4) is 0 Å². The van der Waals surface area contributed by atoms with Crippen LogP contribution in [0.3, 0.4) is 0 Å². The molecular formula is C28H26ClNO3. The van der Waals surface area contributed by atoms with E-state index in [0.29, 0.717) is 28.4 Å². The van der Waals surface area contributed by atoms with E-state index in [4.69, 9.17) is 11.6 Å². The van der Waals surface area contributed by atoms with Crippen LogP contribution in [0.4, 0.5) is 5.69 Å². The summed E-state index contributed by atoms with van der Waals surface area (Å²) in [5, 5.41) is 12.0. The number of ketones is 1. The van der Waals surface area contributed by atoms with E-state index in [-0.39, 0.29) is 12.2 Å². The average Bonchev–Trinajstić information content (AvgIpc) is 3.01. The molecule has 5 rings (SSSR count). The fourth-order valence-electron chi connectivity index (χ4n) is 4.97. The third-order valence-electron chi connectivity index (χ3n) is 6.84. The first-order valence-electron chi connectivity index (χ1n) is 11.4. The van der Waals surface area contributed by atoms with E-state index in [9.17, 15) is 14.7 Å². The molecule has 1 aliphatic heterocycles. The summed E-state index contributed by atoms with van der Waals surface area (Å²) in [6.45, 7) is 2.32. The van der Waals surface area contributed by atoms with Crippen LogP contribution in [0.15, 0.2) is 60.7 Å². The molecule has 0 radical (unpaired) electrons. The van der Waals surface area contributed by atoms with Gasteiger partial charge in [-0.05, 0) is 73.6 Å². The standard InChI is InChI=1S/C28H26ClNO3/c1-18-6-8-19(9-7-18)17-30-25-13-12-23(29)15-24(25)28(33,27(30)32)16-26(31)22-11-10-20-4-2-3-5-21(20)14-22/h6-15,33H,2-5,16-17H2,1H3/t28-/m0/s1. The highest BCUT2D eigenvalue weighted by Gasteiger charge is 2.51. The highest BCUT2D eigenvalue weighted by atomic mass is 35.5. The summed E-state index contributed by atoms with van der Waals surface area (Å²) >= 11 is 6.23. The Morgan fingerprint density at radius 1 is 1.00 bits per heavy atom. The van der Waals surface area contributed by atoms with Crippen molar-refractivity contribution in [3.05, 3.63) is 99.1 Å². The topological polar surface area (TPSA) is 57.6 Å². The number of fused-ring (bicyclic) bond motifs is 2. The normalized spacial score (nSPS) is 19.4. The zero-order chi connectivity index (χ0) is 23.2. The van der Waals surface area contributed by atoms with Crippen LogP contribution in [0.2, 0.25) is 5.02 Å². The molecule has 33 heavy (non-hydrogen) atoms. The van der Waals surface area contributed by atoms with Crippen LogP contribution in [0, 0.1) is 6.92 Å². The van der Waals surface area contributed by atoms with E-state index in [2.05, 4.69) is 0 Å². The maximum atomic E-state index is 13.5. The number of nitrogens with zero attached hydrogens (tertiary/aromatic N) is 1. The molecule has 0 unspecified atom stereocenters. The molecule has 0 bridgehead atoms. The van der Waals surface area contributed by atoms with Crippen LogP contribution in [0.5, 0.6) is 0 Å². The largest absolute Gasteiger partial charge is 0.375 e. The summed E-state index contributed by atoms with van der Waals surface area (Å²) < 4.78 is 0. The molecule has 1 amide bonds. The van der Waals surface area contributed by atoms with Crippen molar-refractivity contribution in [3.63, 3.8) is 0 Å². The molecule has 3 aromatic rings. The Labute approximate surface area is 198 Å². The third-order valence-corrected chi connectivity index (χ3v) is 7.08. The minimum absolute atomic E-state index is 0.248. The number of aryl methyl sites for hydroxylation is 3. The van der Waals surface area contributed by atoms with Crippen molar-refractivity contribution in [1.29, 1.82) is 0 Å². The highest BCUT2D eigenvalue weighted by Crippen LogP contribution is 2.45. The van der Waals surface area contributed by atoms with E-state index in [1.807, 2.05) is 49.4 Å². The van der Waals surface area contributed by atoms with E-state index in [1.54, 1.807) is 23.1 Å². The molecule has 5 heteroatoms. The van der Waals surface area contributed by atoms with E-state index in [1.165, 1.54) is 17.5 Å². The van der Waals surface area contributed by atoms with Crippen LogP contribution in [0.1, 0.15) is 57.4 Å². The summed E-state index contributed by atoms with van der Waals surface area (Å²) in [7, 11) is 0. The van der Waals surface area contributed by atoms with Gasteiger partial charge in [0.05, 0.1) is 18.7 Å². The van der Waals surface area contributed by atoms with E-state index < -0.39 is 11.5 Å². The van der Waals surface area contributed by atoms with Crippen LogP contribution in [-0.2, 0) is 29.8 Å². The smallest absolute Gasteiger partial charge is 0.264 e. The summed E-state index contributed by atoms with van der Waals surface area (Å²) in [4.78, 5) is 28.4. The van der Waals surface area contributed by atoms with Gasteiger partial charge in [-0.2, -0.15) is 0 Å². The van der Waals surface area contributed by atoms with Crippen molar-refractivity contribution in [2.75, 3.05) is 4.90 Å². The lowest BCUT2D eigenvalue weighted by molar-refractivity contribution is -0.136. The first-order valence-corrected chi connectivity index (χ1v) is 11.8. The molecule has 0 aromatic heterocycles. The monoisotopic (exact) mass is 459 g/mol. The van der Waals surface area contributed by atoms with Gasteiger partial charge in [0.25, 0.3) is 5.91 Å². The van der Waals surface area contributed by atoms with E-state index in [0.717, 1.165) is 30.4 Å². The van der Waals surface area contributed by atoms with Gasteiger partial charge in [0.15, 0.2) is 11.4 Å². The summed E-state index contributed by atoms with van der Waals surface area (Å²) in [6, 6.07) is 18.7. The lowest BCUT2D eigenvalue weighted by Gasteiger charge is -2.23. The fourth-order valence-corrected chi connectivity index (χ4v) is 5.14. The number of benzene rings is 3. The summed E-state index contributed by atoms with van der Waals surface area (Å²) in [5.74, 6) is -0.742. The molecule has 168 valence electrons. The minimum atomic E-state index is -1.95. The molecule has 1 N–H and O–H groups in total. The predicted molar refractivity (Wildman–Crippen MR) is 130 cm³/mol. The van der Waals surface area contributed by atoms with Crippen molar-refractivity contribution >= 4 is 29.0 Å². The van der Waals surface area contributed by atoms with Crippen molar-refractivity contribution < 1.29 is 14.7 Å². The second kappa shape index (κ2) is 8.44. The maximum Gasteiger partial charge on any atom is 0.264 e. The zero-order valence-electron chi connectivity index (χ0n) is 18.6. The molecule has 0 saturated heterocycles. The van der Waals surface area contributed by atoms with Gasteiger partial charge in [0, 0.05) is 16.1 Å². The van der Waals surface area contributed by atoms with Gasteiger partial charge in [-0.15, -0.1) is 0 Å². The maximum absolute atomic E-state index is 13.5. The SMILES string of the molecule is Cc1ccc(CN2C(=O)[C@](O)(CC(=O)c3ccc4c(c3)CCCC4)c3cc(Cl)ccc32)cc1. The number of amides is 1. The number of carbonyl (C=O) groups is 2. The molecule has 1 heterocycles. The molecule has 3 aromatic carbocycles. The van der Waals surface area contributed by atoms with Gasteiger partial charge in [0.2, 0.25) is 0 Å². The number of carbonyl (C=O) groups excluding carboxylic acids is 2. The fraction of sp³-hybridized carbons (Fsp3) is 0.286. The number of aliphatic hydroxyl groups is 1. The predicted octanol–water partition coefficient (Wildman–Crippen LogP) is 5.53. The summed E-state index contributed by atoms with van der Waals surface area (Å²) in [6.07, 6.45) is 3.96. The van der Waals surface area contributed by atoms with Crippen molar-refractivity contribution in [1.82, 2.24) is 0 Å². The number of rotatable bonds is 5. The molecule has 1 atom stereocenters. The number of Topliss-reactive ketones (excluding diaryl/α,β-unsaturated/α-hetero) is 1. The van der Waals surface area contributed by atoms with Gasteiger partial charge < -0.3 is 10.0 Å². The quantitative estimate of drug-likeness (QED) is 0.510. The number of halogens is 1. The van der Waals surface area contributed by atoms with Crippen molar-refractivity contribution in [2.24, 2.45) is 0 Å². The first-order chi connectivity index (χ1) is 15.8. The second-order valence-corrected chi connectivity index (χ2v) is 9.63. The Bertz CT molecular complexity index is 1250. The second-order valence-electron chi connectivity index (χ2n) is 9.19. The number of anilines is 1. The lowest BCUT2D eigenvalue weighted by atomic mass is 9.85. The van der Waals surface area contributed by atoms with Gasteiger partial charge in [-0.3, -0.25) is 9.59 Å². The molecule has 1 aliphatic carbocycles. The number of hydrogen-bond acceptors (Lipinski definition) is 3. The van der Waals surface area contributed by atoms with Gasteiger partial charge >= 0.3 is 0 Å². The highest BCUT2D eigenvalue weighted by molar-refractivity contribution is 6.31. The molecule has 2 aliphatic rings. The summed E-state index contributed by atoms with van der Waals surface area (Å²) in [5.41, 5.74) is 4.13. The van der Waals surface area contributed by atoms with Crippen LogP contribution in [0.25, 0.3) is 0 Å². The van der Waals surface area contributed by atoms with Gasteiger partial charge in [-0.1, -0.05) is 53.6 Å². The van der Waals surface area contributed by atoms with Crippen molar-refractivity contribution in [2.45, 2.75) is 51.2 Å². The molecule has 4 nitrogen and oxygen atoms in total.